The highest BCUT2D eigenvalue weighted by Crippen LogP contribution is 2.24. The number of halogens is 3. The third kappa shape index (κ3) is 4.06. The molecule has 0 unspecified atom stereocenters. The molecule has 0 saturated heterocycles. The molecular weight excluding hydrogens is 349 g/mol. The molecule has 0 fully saturated rings. The number of hydrogen-bond donors (Lipinski definition) is 1. The smallest absolute Gasteiger partial charge is 0.257 e. The number of nitrogens with zero attached hydrogens (tertiary/aromatic N) is 1. The second kappa shape index (κ2) is 7.48. The fourth-order valence-corrected chi connectivity index (χ4v) is 3.13. The van der Waals surface area contributed by atoms with E-state index in [1.165, 1.54) is 29.5 Å². The Labute approximate surface area is 146 Å². The molecule has 0 radical (unpaired) electrons. The van der Waals surface area contributed by atoms with Gasteiger partial charge in [-0.1, -0.05) is 18.2 Å². The maximum Gasteiger partial charge on any atom is 0.257 e. The highest BCUT2D eigenvalue weighted by atomic mass is 32.1. The number of benzene rings is 2. The van der Waals surface area contributed by atoms with E-state index in [1.807, 2.05) is 0 Å². The number of hydrogen-bond acceptors (Lipinski definition) is 3. The van der Waals surface area contributed by atoms with Crippen LogP contribution in [0.15, 0.2) is 47.8 Å². The Morgan fingerprint density at radius 1 is 1.08 bits per heavy atom. The molecule has 0 atom stereocenters. The van der Waals surface area contributed by atoms with Crippen LogP contribution in [0, 0.1) is 17.5 Å². The topological polar surface area (TPSA) is 42.0 Å². The molecule has 7 heteroatoms. The van der Waals surface area contributed by atoms with E-state index >= 15 is 0 Å². The number of rotatable bonds is 5. The number of thiazole rings is 1. The summed E-state index contributed by atoms with van der Waals surface area (Å²) in [5, 5.41) is 4.94. The van der Waals surface area contributed by atoms with E-state index in [2.05, 4.69) is 10.3 Å². The molecular formula is C18H13F3N2OS. The third-order valence-corrected chi connectivity index (χ3v) is 4.42. The van der Waals surface area contributed by atoms with E-state index in [0.717, 1.165) is 12.1 Å². The van der Waals surface area contributed by atoms with Crippen LogP contribution in [0.25, 0.3) is 10.6 Å². The van der Waals surface area contributed by atoms with Gasteiger partial charge >= 0.3 is 0 Å². The summed E-state index contributed by atoms with van der Waals surface area (Å²) < 4.78 is 40.3. The average Bonchev–Trinajstić information content (AvgIpc) is 3.04. The summed E-state index contributed by atoms with van der Waals surface area (Å²) in [6, 6.07) is 9.38. The fraction of sp³-hybridized carbons (Fsp3) is 0.111. The molecule has 1 aromatic heterocycles. The zero-order chi connectivity index (χ0) is 17.8. The second-order valence-corrected chi connectivity index (χ2v) is 6.12. The molecule has 3 aromatic rings. The van der Waals surface area contributed by atoms with Crippen LogP contribution in [0.4, 0.5) is 13.2 Å². The number of carbonyl (C=O) groups excluding carboxylic acids is 1. The molecule has 0 aliphatic heterocycles. The van der Waals surface area contributed by atoms with E-state index in [-0.39, 0.29) is 12.4 Å². The predicted octanol–water partition coefficient (Wildman–Crippen LogP) is 4.20. The van der Waals surface area contributed by atoms with Crippen molar-refractivity contribution in [3.63, 3.8) is 0 Å². The van der Waals surface area contributed by atoms with Gasteiger partial charge in [-0.2, -0.15) is 0 Å². The first-order valence-electron chi connectivity index (χ1n) is 7.47. The van der Waals surface area contributed by atoms with Crippen LogP contribution < -0.4 is 5.32 Å². The number of nitrogens with one attached hydrogen (secondary N) is 1. The first kappa shape index (κ1) is 17.2. The molecule has 3 nitrogen and oxygen atoms in total. The lowest BCUT2D eigenvalue weighted by Gasteiger charge is -2.06. The van der Waals surface area contributed by atoms with Crippen LogP contribution in [0.1, 0.15) is 16.1 Å². The van der Waals surface area contributed by atoms with Crippen LogP contribution in [0.3, 0.4) is 0 Å². The summed E-state index contributed by atoms with van der Waals surface area (Å²) in [5.74, 6) is -2.95. The summed E-state index contributed by atoms with van der Waals surface area (Å²) in [5.41, 5.74) is 0.786. The molecule has 0 spiro atoms. The zero-order valence-electron chi connectivity index (χ0n) is 12.9. The summed E-state index contributed by atoms with van der Waals surface area (Å²) in [7, 11) is 0. The Balaban J connectivity index is 1.61. The fourth-order valence-electron chi connectivity index (χ4n) is 2.28. The molecule has 0 aliphatic rings. The molecule has 1 amide bonds. The van der Waals surface area contributed by atoms with Gasteiger partial charge in [0.25, 0.3) is 5.91 Å². The van der Waals surface area contributed by atoms with Gasteiger partial charge in [0, 0.05) is 23.9 Å². The number of carbonyl (C=O) groups is 1. The third-order valence-electron chi connectivity index (χ3n) is 3.48. The van der Waals surface area contributed by atoms with Crippen LogP contribution in [0.2, 0.25) is 0 Å². The number of amides is 1. The Morgan fingerprint density at radius 3 is 2.52 bits per heavy atom. The first-order chi connectivity index (χ1) is 12.0. The van der Waals surface area contributed by atoms with E-state index in [0.29, 0.717) is 22.7 Å². The highest BCUT2D eigenvalue weighted by Gasteiger charge is 2.16. The standard InChI is InChI=1S/C18H13F3N2OS/c19-12-4-1-3-11(9-12)18-23-13(10-25-18)7-8-22-17(24)16-14(20)5-2-6-15(16)21/h1-6,9-10H,7-8H2,(H,22,24). The van der Waals surface area contributed by atoms with E-state index in [9.17, 15) is 18.0 Å². The quantitative estimate of drug-likeness (QED) is 0.739. The molecule has 0 saturated carbocycles. The monoisotopic (exact) mass is 362 g/mol. The Hall–Kier alpha value is -2.67. The maximum atomic E-state index is 13.5. The van der Waals surface area contributed by atoms with E-state index in [4.69, 9.17) is 0 Å². The lowest BCUT2D eigenvalue weighted by Crippen LogP contribution is -2.27. The summed E-state index contributed by atoms with van der Waals surface area (Å²) >= 11 is 1.36. The van der Waals surface area contributed by atoms with Crippen molar-refractivity contribution in [3.8, 4) is 10.6 Å². The van der Waals surface area contributed by atoms with Crippen LogP contribution in [0.5, 0.6) is 0 Å². The minimum absolute atomic E-state index is 0.179. The minimum Gasteiger partial charge on any atom is -0.351 e. The van der Waals surface area contributed by atoms with Gasteiger partial charge in [-0.25, -0.2) is 18.2 Å². The van der Waals surface area contributed by atoms with Crippen molar-refractivity contribution in [1.29, 1.82) is 0 Å². The van der Waals surface area contributed by atoms with Crippen LogP contribution in [-0.4, -0.2) is 17.4 Å². The van der Waals surface area contributed by atoms with Crippen molar-refractivity contribution in [3.05, 3.63) is 76.6 Å². The van der Waals surface area contributed by atoms with Crippen molar-refractivity contribution >= 4 is 17.2 Å². The van der Waals surface area contributed by atoms with Crippen molar-refractivity contribution in [2.45, 2.75) is 6.42 Å². The van der Waals surface area contributed by atoms with Crippen molar-refractivity contribution in [1.82, 2.24) is 10.3 Å². The minimum atomic E-state index is -0.903. The summed E-state index contributed by atoms with van der Waals surface area (Å²) in [6.07, 6.45) is 0.396. The van der Waals surface area contributed by atoms with Crippen molar-refractivity contribution < 1.29 is 18.0 Å². The highest BCUT2D eigenvalue weighted by molar-refractivity contribution is 7.13. The van der Waals surface area contributed by atoms with Gasteiger partial charge in [0.2, 0.25) is 0 Å². The van der Waals surface area contributed by atoms with Crippen molar-refractivity contribution in [2.24, 2.45) is 0 Å². The molecule has 3 rings (SSSR count). The summed E-state index contributed by atoms with van der Waals surface area (Å²) in [4.78, 5) is 16.3. The lowest BCUT2D eigenvalue weighted by molar-refractivity contribution is 0.0945. The molecule has 25 heavy (non-hydrogen) atoms. The molecule has 0 aliphatic carbocycles. The van der Waals surface area contributed by atoms with Gasteiger partial charge in [0.15, 0.2) is 0 Å². The molecule has 0 bridgehead atoms. The Bertz CT molecular complexity index is 891. The molecule has 128 valence electrons. The maximum absolute atomic E-state index is 13.5. The lowest BCUT2D eigenvalue weighted by atomic mass is 10.2. The van der Waals surface area contributed by atoms with Gasteiger partial charge < -0.3 is 5.32 Å². The predicted molar refractivity (Wildman–Crippen MR) is 89.9 cm³/mol. The summed E-state index contributed by atoms with van der Waals surface area (Å²) in [6.45, 7) is 0.179. The molecule has 2 aromatic carbocycles. The van der Waals surface area contributed by atoms with Gasteiger partial charge in [0.1, 0.15) is 28.0 Å². The molecule has 1 heterocycles. The average molecular weight is 362 g/mol. The van der Waals surface area contributed by atoms with Crippen LogP contribution in [-0.2, 0) is 6.42 Å². The van der Waals surface area contributed by atoms with E-state index < -0.39 is 23.1 Å². The van der Waals surface area contributed by atoms with Crippen molar-refractivity contribution in [2.75, 3.05) is 6.54 Å². The molecule has 1 N–H and O–H groups in total. The van der Waals surface area contributed by atoms with Gasteiger partial charge in [-0.05, 0) is 24.3 Å². The normalized spacial score (nSPS) is 10.7. The Morgan fingerprint density at radius 2 is 1.80 bits per heavy atom. The number of aromatic nitrogens is 1. The van der Waals surface area contributed by atoms with Crippen LogP contribution >= 0.6 is 11.3 Å². The zero-order valence-corrected chi connectivity index (χ0v) is 13.7. The van der Waals surface area contributed by atoms with E-state index in [1.54, 1.807) is 17.5 Å². The Kier molecular flexibility index (Phi) is 5.14. The van der Waals surface area contributed by atoms with Gasteiger partial charge in [-0.15, -0.1) is 11.3 Å². The second-order valence-electron chi connectivity index (χ2n) is 5.26. The first-order valence-corrected chi connectivity index (χ1v) is 8.35. The van der Waals surface area contributed by atoms with Gasteiger partial charge in [-0.3, -0.25) is 4.79 Å². The SMILES string of the molecule is O=C(NCCc1csc(-c2cccc(F)c2)n1)c1c(F)cccc1F. The largest absolute Gasteiger partial charge is 0.351 e. The van der Waals surface area contributed by atoms with Gasteiger partial charge in [0.05, 0.1) is 5.69 Å².